The van der Waals surface area contributed by atoms with Gasteiger partial charge in [-0.25, -0.2) is 0 Å². The van der Waals surface area contributed by atoms with E-state index in [1.165, 1.54) is 0 Å². The molecule has 70 valence electrons. The Bertz CT molecular complexity index is 292. The van der Waals surface area contributed by atoms with E-state index in [2.05, 4.69) is 20.0 Å². The van der Waals surface area contributed by atoms with Gasteiger partial charge in [0.05, 0.1) is 11.6 Å². The van der Waals surface area contributed by atoms with Gasteiger partial charge in [0.1, 0.15) is 0 Å². The fourth-order valence-electron chi connectivity index (χ4n) is 2.78. The van der Waals surface area contributed by atoms with Gasteiger partial charge in [0.15, 0.2) is 12.0 Å². The van der Waals surface area contributed by atoms with E-state index in [1.807, 2.05) is 0 Å². The highest BCUT2D eigenvalue weighted by Gasteiger charge is 2.57. The molecular weight excluding hydrogens is 164 g/mol. The lowest BCUT2D eigenvalue weighted by molar-refractivity contribution is -0.120. The quantitative estimate of drug-likeness (QED) is 0.568. The first-order valence-electron chi connectivity index (χ1n) is 4.83. The van der Waals surface area contributed by atoms with Crippen LogP contribution in [-0.4, -0.2) is 22.3 Å². The number of carbonyl (C=O) groups is 1. The van der Waals surface area contributed by atoms with Gasteiger partial charge in [-0.15, -0.1) is 0 Å². The summed E-state index contributed by atoms with van der Waals surface area (Å²) in [6.07, 6.45) is 4.67. The molecule has 2 fully saturated rings. The van der Waals surface area contributed by atoms with E-state index >= 15 is 0 Å². The van der Waals surface area contributed by atoms with Crippen LogP contribution in [0.1, 0.15) is 33.1 Å². The van der Waals surface area contributed by atoms with Crippen LogP contribution < -0.4 is 0 Å². The van der Waals surface area contributed by atoms with Crippen molar-refractivity contribution in [2.75, 3.05) is 0 Å². The summed E-state index contributed by atoms with van der Waals surface area (Å²) >= 11 is 0. The predicted octanol–water partition coefficient (Wildman–Crippen LogP) is 1.30. The van der Waals surface area contributed by atoms with E-state index < -0.39 is 0 Å². The number of nitriles is 1. The summed E-state index contributed by atoms with van der Waals surface area (Å²) in [5, 5.41) is 9.00. The molecule has 0 radical (unpaired) electrons. The second-order valence-corrected chi connectivity index (χ2v) is 4.43. The largest absolute Gasteiger partial charge is 0.297 e. The molecule has 0 saturated carbocycles. The minimum absolute atomic E-state index is 0.0904. The van der Waals surface area contributed by atoms with Crippen molar-refractivity contribution in [3.05, 3.63) is 0 Å². The van der Waals surface area contributed by atoms with Crippen molar-refractivity contribution < 1.29 is 4.79 Å². The third-order valence-electron chi connectivity index (χ3n) is 3.68. The summed E-state index contributed by atoms with van der Waals surface area (Å²) in [7, 11) is 0. The Morgan fingerprint density at radius 2 is 2.38 bits per heavy atom. The van der Waals surface area contributed by atoms with Crippen molar-refractivity contribution in [3.63, 3.8) is 0 Å². The van der Waals surface area contributed by atoms with Gasteiger partial charge in [-0.2, -0.15) is 5.26 Å². The van der Waals surface area contributed by atoms with E-state index in [4.69, 9.17) is 5.26 Å². The van der Waals surface area contributed by atoms with E-state index in [0.29, 0.717) is 12.3 Å². The molecule has 0 aromatic carbocycles. The van der Waals surface area contributed by atoms with Crippen LogP contribution in [0.4, 0.5) is 0 Å². The zero-order valence-corrected chi connectivity index (χ0v) is 8.08. The summed E-state index contributed by atoms with van der Waals surface area (Å²) in [5.41, 5.74) is -0.128. The first-order chi connectivity index (χ1) is 6.12. The second kappa shape index (κ2) is 2.47. The predicted molar refractivity (Wildman–Crippen MR) is 47.7 cm³/mol. The summed E-state index contributed by atoms with van der Waals surface area (Å²) < 4.78 is 0. The second-order valence-electron chi connectivity index (χ2n) is 4.43. The molecule has 2 atom stereocenters. The molecule has 0 aromatic heterocycles. The number of ketones is 1. The monoisotopic (exact) mass is 178 g/mol. The van der Waals surface area contributed by atoms with Crippen LogP contribution in [-0.2, 0) is 4.79 Å². The first kappa shape index (κ1) is 8.55. The highest BCUT2D eigenvalue weighted by Crippen LogP contribution is 2.48. The SMILES string of the molecule is CC(C)C12CCC(C(=O)C1)N2C#N. The summed E-state index contributed by atoms with van der Waals surface area (Å²) in [6, 6.07) is -0.0904. The molecule has 2 saturated heterocycles. The van der Waals surface area contributed by atoms with E-state index in [9.17, 15) is 4.79 Å². The van der Waals surface area contributed by atoms with E-state index in [1.54, 1.807) is 4.90 Å². The van der Waals surface area contributed by atoms with Crippen LogP contribution in [0.2, 0.25) is 0 Å². The Morgan fingerprint density at radius 1 is 1.69 bits per heavy atom. The number of fused-ring (bicyclic) bond motifs is 2. The number of rotatable bonds is 1. The van der Waals surface area contributed by atoms with Gasteiger partial charge in [-0.1, -0.05) is 13.8 Å². The number of hydrogen-bond donors (Lipinski definition) is 0. The Labute approximate surface area is 78.3 Å². The van der Waals surface area contributed by atoms with Gasteiger partial charge in [-0.3, -0.25) is 9.69 Å². The fourth-order valence-corrected chi connectivity index (χ4v) is 2.78. The Hall–Kier alpha value is -1.04. The normalized spacial score (nSPS) is 37.2. The van der Waals surface area contributed by atoms with Gasteiger partial charge in [0.2, 0.25) is 0 Å². The van der Waals surface area contributed by atoms with Crippen molar-refractivity contribution in [1.82, 2.24) is 4.90 Å². The zero-order valence-electron chi connectivity index (χ0n) is 8.08. The topological polar surface area (TPSA) is 44.1 Å². The Balaban J connectivity index is 2.39. The van der Waals surface area contributed by atoms with Crippen LogP contribution in [0.25, 0.3) is 0 Å². The average Bonchev–Trinajstić information content (AvgIpc) is 2.56. The van der Waals surface area contributed by atoms with Crippen LogP contribution in [0, 0.1) is 17.4 Å². The lowest BCUT2D eigenvalue weighted by atomic mass is 9.79. The Morgan fingerprint density at radius 3 is 2.77 bits per heavy atom. The molecule has 2 unspecified atom stereocenters. The van der Waals surface area contributed by atoms with Crippen molar-refractivity contribution in [2.45, 2.75) is 44.7 Å². The standard InChI is InChI=1S/C10H14N2O/c1-7(2)10-4-3-8(9(13)5-10)12(10)6-11/h7-8H,3-5H2,1-2H3. The number of nitrogens with zero attached hydrogens (tertiary/aromatic N) is 2. The van der Waals surface area contributed by atoms with Gasteiger partial charge in [-0.05, 0) is 18.8 Å². The lowest BCUT2D eigenvalue weighted by Crippen LogP contribution is -2.42. The summed E-state index contributed by atoms with van der Waals surface area (Å²) in [6.45, 7) is 4.20. The van der Waals surface area contributed by atoms with Crippen LogP contribution in [0.15, 0.2) is 0 Å². The molecule has 2 aliphatic heterocycles. The minimum atomic E-state index is -0.128. The molecule has 0 N–H and O–H groups in total. The molecule has 0 aliphatic carbocycles. The Kier molecular flexibility index (Phi) is 1.63. The van der Waals surface area contributed by atoms with Gasteiger partial charge in [0, 0.05) is 6.42 Å². The maximum Gasteiger partial charge on any atom is 0.180 e. The molecule has 2 heterocycles. The van der Waals surface area contributed by atoms with Crippen molar-refractivity contribution >= 4 is 5.78 Å². The maximum atomic E-state index is 11.5. The van der Waals surface area contributed by atoms with Gasteiger partial charge in [0.25, 0.3) is 0 Å². The highest BCUT2D eigenvalue weighted by molar-refractivity contribution is 5.89. The summed E-state index contributed by atoms with van der Waals surface area (Å²) in [4.78, 5) is 13.3. The molecular formula is C10H14N2O. The molecule has 0 spiro atoms. The van der Waals surface area contributed by atoms with Crippen molar-refractivity contribution in [3.8, 4) is 6.19 Å². The molecule has 2 rings (SSSR count). The maximum absolute atomic E-state index is 11.5. The van der Waals surface area contributed by atoms with Crippen LogP contribution in [0.5, 0.6) is 0 Å². The molecule has 0 aromatic rings. The van der Waals surface area contributed by atoms with Gasteiger partial charge < -0.3 is 0 Å². The van der Waals surface area contributed by atoms with Crippen molar-refractivity contribution in [1.29, 1.82) is 5.26 Å². The van der Waals surface area contributed by atoms with Gasteiger partial charge >= 0.3 is 0 Å². The molecule has 0 amide bonds. The fraction of sp³-hybridized carbons (Fsp3) is 0.800. The van der Waals surface area contributed by atoms with Crippen LogP contribution >= 0.6 is 0 Å². The molecule has 2 aliphatic rings. The number of Topliss-reactive ketones (excluding diaryl/α,β-unsaturated/α-hetero) is 1. The average molecular weight is 178 g/mol. The molecule has 13 heavy (non-hydrogen) atoms. The van der Waals surface area contributed by atoms with Crippen LogP contribution in [0.3, 0.4) is 0 Å². The van der Waals surface area contributed by atoms with E-state index in [0.717, 1.165) is 12.8 Å². The smallest absolute Gasteiger partial charge is 0.180 e. The third-order valence-corrected chi connectivity index (χ3v) is 3.68. The highest BCUT2D eigenvalue weighted by atomic mass is 16.1. The van der Waals surface area contributed by atoms with Crippen molar-refractivity contribution in [2.24, 2.45) is 5.92 Å². The third kappa shape index (κ3) is 0.861. The molecule has 2 bridgehead atoms. The molecule has 3 nitrogen and oxygen atoms in total. The lowest BCUT2D eigenvalue weighted by Gasteiger charge is -2.34. The zero-order chi connectivity index (χ0) is 9.64. The first-order valence-corrected chi connectivity index (χ1v) is 4.83. The number of carbonyl (C=O) groups excluding carboxylic acids is 1. The van der Waals surface area contributed by atoms with E-state index in [-0.39, 0.29) is 17.4 Å². The molecule has 3 heteroatoms. The number of hydrogen-bond acceptors (Lipinski definition) is 3. The minimum Gasteiger partial charge on any atom is -0.297 e. The summed E-state index contributed by atoms with van der Waals surface area (Å²) in [5.74, 6) is 0.658.